The molecule has 1 N–H and O–H groups in total. The Bertz CT molecular complexity index is 683. The molecule has 0 spiro atoms. The number of likely N-dealkylation sites (N-methyl/N-ethyl adjacent to an activating group) is 1. The van der Waals surface area contributed by atoms with Gasteiger partial charge in [-0.1, -0.05) is 31.2 Å². The van der Waals surface area contributed by atoms with E-state index < -0.39 is 5.97 Å². The summed E-state index contributed by atoms with van der Waals surface area (Å²) in [5, 5.41) is 9.19. The predicted octanol–water partition coefficient (Wildman–Crippen LogP) is 2.12. The highest BCUT2D eigenvalue weighted by molar-refractivity contribution is 5.79. The minimum atomic E-state index is -0.749. The van der Waals surface area contributed by atoms with Crippen LogP contribution in [0, 0.1) is 5.92 Å². The van der Waals surface area contributed by atoms with Gasteiger partial charge >= 0.3 is 5.97 Å². The molecule has 160 valence electrons. The van der Waals surface area contributed by atoms with Crippen LogP contribution in [0.3, 0.4) is 0 Å². The fraction of sp³-hybridized carbons (Fsp3) is 0.652. The molecule has 0 saturated carbocycles. The molecule has 0 unspecified atom stereocenters. The van der Waals surface area contributed by atoms with Gasteiger partial charge in [0.1, 0.15) is 0 Å². The maximum atomic E-state index is 12.9. The molecule has 2 aliphatic rings. The average molecular weight is 402 g/mol. The third-order valence-corrected chi connectivity index (χ3v) is 6.57. The Labute approximate surface area is 174 Å². The fourth-order valence-corrected chi connectivity index (χ4v) is 4.65. The number of carboxylic acid groups (broad SMARTS) is 1. The van der Waals surface area contributed by atoms with E-state index in [2.05, 4.69) is 48.0 Å². The van der Waals surface area contributed by atoms with Gasteiger partial charge in [-0.2, -0.15) is 0 Å². The van der Waals surface area contributed by atoms with Crippen molar-refractivity contribution >= 4 is 11.9 Å². The van der Waals surface area contributed by atoms with Gasteiger partial charge in [0, 0.05) is 51.7 Å². The van der Waals surface area contributed by atoms with E-state index in [1.54, 1.807) is 0 Å². The van der Waals surface area contributed by atoms with Crippen LogP contribution < -0.4 is 0 Å². The van der Waals surface area contributed by atoms with Crippen molar-refractivity contribution in [2.45, 2.75) is 45.1 Å². The van der Waals surface area contributed by atoms with Crippen molar-refractivity contribution in [2.24, 2.45) is 5.92 Å². The molecule has 0 bridgehead atoms. The number of hydrogen-bond donors (Lipinski definition) is 1. The number of likely N-dealkylation sites (tertiary alicyclic amines) is 1. The SMILES string of the molecule is CCc1ccc(CC(=O)N2CC[C@@H](N3CCN(C)CC3)[C@@H](CCC(=O)O)C2)cc1. The average Bonchev–Trinajstić information content (AvgIpc) is 2.73. The maximum absolute atomic E-state index is 12.9. The number of carbonyl (C=O) groups is 2. The number of rotatable bonds is 7. The molecule has 6 heteroatoms. The summed E-state index contributed by atoms with van der Waals surface area (Å²) in [6.07, 6.45) is 3.18. The molecule has 1 amide bonds. The van der Waals surface area contributed by atoms with Crippen molar-refractivity contribution in [1.29, 1.82) is 0 Å². The van der Waals surface area contributed by atoms with Gasteiger partial charge in [0.25, 0.3) is 0 Å². The minimum Gasteiger partial charge on any atom is -0.481 e. The second-order valence-corrected chi connectivity index (χ2v) is 8.57. The van der Waals surface area contributed by atoms with E-state index in [4.69, 9.17) is 0 Å². The lowest BCUT2D eigenvalue weighted by Gasteiger charge is -2.46. The van der Waals surface area contributed by atoms with Crippen LogP contribution in [0.5, 0.6) is 0 Å². The number of piperazine rings is 1. The highest BCUT2D eigenvalue weighted by Gasteiger charge is 2.35. The van der Waals surface area contributed by atoms with E-state index in [1.807, 2.05) is 4.90 Å². The topological polar surface area (TPSA) is 64.1 Å². The molecule has 2 heterocycles. The molecule has 2 atom stereocenters. The minimum absolute atomic E-state index is 0.159. The lowest BCUT2D eigenvalue weighted by molar-refractivity contribution is -0.137. The number of hydrogen-bond acceptors (Lipinski definition) is 4. The lowest BCUT2D eigenvalue weighted by atomic mass is 9.86. The van der Waals surface area contributed by atoms with Crippen LogP contribution in [0.1, 0.15) is 37.3 Å². The van der Waals surface area contributed by atoms with Crippen LogP contribution in [-0.4, -0.2) is 84.0 Å². The lowest BCUT2D eigenvalue weighted by Crippen LogP contribution is -2.57. The van der Waals surface area contributed by atoms with Crippen LogP contribution in [0.4, 0.5) is 0 Å². The summed E-state index contributed by atoms with van der Waals surface area (Å²) >= 11 is 0. The van der Waals surface area contributed by atoms with Gasteiger partial charge in [-0.05, 0) is 43.4 Å². The Morgan fingerprint density at radius 1 is 1.03 bits per heavy atom. The molecule has 0 radical (unpaired) electrons. The van der Waals surface area contributed by atoms with E-state index in [9.17, 15) is 14.7 Å². The van der Waals surface area contributed by atoms with Gasteiger partial charge in [0.05, 0.1) is 6.42 Å². The van der Waals surface area contributed by atoms with Crippen LogP contribution in [0.15, 0.2) is 24.3 Å². The van der Waals surface area contributed by atoms with Gasteiger partial charge < -0.3 is 14.9 Å². The molecule has 29 heavy (non-hydrogen) atoms. The molecular weight excluding hydrogens is 366 g/mol. The first-order valence-electron chi connectivity index (χ1n) is 11.0. The summed E-state index contributed by atoms with van der Waals surface area (Å²) in [6.45, 7) is 7.74. The largest absolute Gasteiger partial charge is 0.481 e. The van der Waals surface area contributed by atoms with Crippen LogP contribution >= 0.6 is 0 Å². The predicted molar refractivity (Wildman–Crippen MR) is 114 cm³/mol. The highest BCUT2D eigenvalue weighted by atomic mass is 16.4. The summed E-state index contributed by atoms with van der Waals surface area (Å²) in [7, 11) is 2.15. The van der Waals surface area contributed by atoms with Gasteiger partial charge in [0.15, 0.2) is 0 Å². The van der Waals surface area contributed by atoms with Crippen molar-refractivity contribution in [1.82, 2.24) is 14.7 Å². The molecule has 0 aromatic heterocycles. The zero-order valence-corrected chi connectivity index (χ0v) is 17.8. The first-order chi connectivity index (χ1) is 14.0. The third kappa shape index (κ3) is 6.03. The number of nitrogens with zero attached hydrogens (tertiary/aromatic N) is 3. The number of piperidine rings is 1. The molecule has 2 saturated heterocycles. The zero-order valence-electron chi connectivity index (χ0n) is 17.8. The van der Waals surface area contributed by atoms with Gasteiger partial charge in [-0.15, -0.1) is 0 Å². The van der Waals surface area contributed by atoms with Crippen molar-refractivity contribution in [3.63, 3.8) is 0 Å². The Balaban J connectivity index is 1.62. The second kappa shape index (κ2) is 10.2. The molecule has 1 aromatic rings. The maximum Gasteiger partial charge on any atom is 0.303 e. The van der Waals surface area contributed by atoms with Gasteiger partial charge in [-0.3, -0.25) is 14.5 Å². The van der Waals surface area contributed by atoms with Crippen LogP contribution in [-0.2, 0) is 22.4 Å². The Hall–Kier alpha value is -1.92. The van der Waals surface area contributed by atoms with Crippen molar-refractivity contribution in [3.05, 3.63) is 35.4 Å². The first kappa shape index (κ1) is 21.8. The Morgan fingerprint density at radius 2 is 1.69 bits per heavy atom. The number of aliphatic carboxylic acids is 1. The molecule has 1 aromatic carbocycles. The van der Waals surface area contributed by atoms with E-state index in [-0.39, 0.29) is 18.2 Å². The number of amides is 1. The first-order valence-corrected chi connectivity index (χ1v) is 11.0. The fourth-order valence-electron chi connectivity index (χ4n) is 4.65. The molecule has 2 aliphatic heterocycles. The van der Waals surface area contributed by atoms with Crippen LogP contribution in [0.2, 0.25) is 0 Å². The number of aryl methyl sites for hydroxylation is 1. The summed E-state index contributed by atoms with van der Waals surface area (Å²) in [5.41, 5.74) is 2.33. The molecule has 0 aliphatic carbocycles. The van der Waals surface area contributed by atoms with E-state index >= 15 is 0 Å². The summed E-state index contributed by atoms with van der Waals surface area (Å²) in [5.74, 6) is -0.359. The van der Waals surface area contributed by atoms with Crippen molar-refractivity contribution in [2.75, 3.05) is 46.3 Å². The van der Waals surface area contributed by atoms with E-state index in [1.165, 1.54) is 5.56 Å². The molecule has 2 fully saturated rings. The summed E-state index contributed by atoms with van der Waals surface area (Å²) < 4.78 is 0. The zero-order chi connectivity index (χ0) is 20.8. The number of carboxylic acids is 1. The van der Waals surface area contributed by atoms with Gasteiger partial charge in [0.2, 0.25) is 5.91 Å². The number of benzene rings is 1. The summed E-state index contributed by atoms with van der Waals surface area (Å²) in [4.78, 5) is 30.9. The smallest absolute Gasteiger partial charge is 0.303 e. The summed E-state index contributed by atoms with van der Waals surface area (Å²) in [6, 6.07) is 8.68. The Morgan fingerprint density at radius 3 is 2.31 bits per heavy atom. The standard InChI is InChI=1S/C23H35N3O3/c1-3-18-4-6-19(7-5-18)16-22(27)26-11-10-21(20(17-26)8-9-23(28)29)25-14-12-24(2)13-15-25/h4-7,20-21H,3,8-17H2,1-2H3,(H,28,29)/t20-,21+/m0/s1. The van der Waals surface area contributed by atoms with Gasteiger partial charge in [-0.25, -0.2) is 0 Å². The van der Waals surface area contributed by atoms with E-state index in [0.29, 0.717) is 25.4 Å². The third-order valence-electron chi connectivity index (χ3n) is 6.57. The molecular formula is C23H35N3O3. The Kier molecular flexibility index (Phi) is 7.67. The number of carbonyl (C=O) groups excluding carboxylic acids is 1. The van der Waals surface area contributed by atoms with Crippen LogP contribution in [0.25, 0.3) is 0 Å². The monoisotopic (exact) mass is 401 g/mol. The molecule has 3 rings (SSSR count). The van der Waals surface area contributed by atoms with Crippen molar-refractivity contribution < 1.29 is 14.7 Å². The normalized spacial score (nSPS) is 23.9. The van der Waals surface area contributed by atoms with Crippen molar-refractivity contribution in [3.8, 4) is 0 Å². The van der Waals surface area contributed by atoms with E-state index in [0.717, 1.165) is 51.1 Å². The molecule has 6 nitrogen and oxygen atoms in total. The second-order valence-electron chi connectivity index (χ2n) is 8.57. The highest BCUT2D eigenvalue weighted by Crippen LogP contribution is 2.27. The quantitative estimate of drug-likeness (QED) is 0.758.